The van der Waals surface area contributed by atoms with E-state index in [1.165, 1.54) is 30.5 Å². The molecule has 2 rings (SSSR count). The third kappa shape index (κ3) is 4.78. The maximum atomic E-state index is 6.06. The van der Waals surface area contributed by atoms with Gasteiger partial charge in [0, 0.05) is 26.2 Å². The Hall–Kier alpha value is -1.48. The van der Waals surface area contributed by atoms with Crippen molar-refractivity contribution in [1.29, 1.82) is 0 Å². The minimum absolute atomic E-state index is 0.199. The Balaban J connectivity index is 2.15. The summed E-state index contributed by atoms with van der Waals surface area (Å²) in [6, 6.07) is 6.60. The van der Waals surface area contributed by atoms with Crippen LogP contribution in [0.1, 0.15) is 38.7 Å². The molecule has 21 heavy (non-hydrogen) atoms. The van der Waals surface area contributed by atoms with E-state index < -0.39 is 0 Å². The molecule has 0 bridgehead atoms. The van der Waals surface area contributed by atoms with Gasteiger partial charge < -0.3 is 15.0 Å². The van der Waals surface area contributed by atoms with Gasteiger partial charge in [0.25, 0.3) is 0 Å². The van der Waals surface area contributed by atoms with Gasteiger partial charge in [0.15, 0.2) is 0 Å². The van der Waals surface area contributed by atoms with Crippen molar-refractivity contribution in [3.05, 3.63) is 36.4 Å². The summed E-state index contributed by atoms with van der Waals surface area (Å²) in [6.07, 6.45) is 5.99. The minimum Gasteiger partial charge on any atom is -0.489 e. The summed E-state index contributed by atoms with van der Waals surface area (Å²) in [5.41, 5.74) is 2.50. The molecule has 0 radical (unpaired) electrons. The van der Waals surface area contributed by atoms with Gasteiger partial charge in [0.1, 0.15) is 5.75 Å². The van der Waals surface area contributed by atoms with Crippen LogP contribution in [-0.2, 0) is 6.54 Å². The molecule has 1 aromatic rings. The summed E-state index contributed by atoms with van der Waals surface area (Å²) in [4.78, 5) is 2.46. The molecule has 1 fully saturated rings. The number of hydrogen-bond donors (Lipinski definition) is 1. The molecule has 1 heterocycles. The lowest BCUT2D eigenvalue weighted by molar-refractivity contribution is 0.242. The van der Waals surface area contributed by atoms with Gasteiger partial charge in [-0.3, -0.25) is 0 Å². The highest BCUT2D eigenvalue weighted by atomic mass is 16.5. The molecule has 0 aromatic heterocycles. The summed E-state index contributed by atoms with van der Waals surface area (Å²) < 4.78 is 6.06. The first-order valence-electron chi connectivity index (χ1n) is 8.07. The third-order valence-electron chi connectivity index (χ3n) is 3.70. The fraction of sp³-hybridized carbons (Fsp3) is 0.556. The summed E-state index contributed by atoms with van der Waals surface area (Å²) in [5.74, 6) is 1.02. The zero-order valence-corrected chi connectivity index (χ0v) is 13.4. The molecule has 1 N–H and O–H groups in total. The van der Waals surface area contributed by atoms with E-state index in [1.807, 2.05) is 6.08 Å². The second kappa shape index (κ2) is 8.08. The monoisotopic (exact) mass is 288 g/mol. The molecule has 0 saturated carbocycles. The number of anilines is 1. The van der Waals surface area contributed by atoms with E-state index in [2.05, 4.69) is 48.8 Å². The molecule has 3 nitrogen and oxygen atoms in total. The smallest absolute Gasteiger partial charge is 0.143 e. The maximum Gasteiger partial charge on any atom is 0.143 e. The molecular formula is C18H28N2O. The molecule has 116 valence electrons. The van der Waals surface area contributed by atoms with Crippen LogP contribution in [0.4, 0.5) is 5.69 Å². The Labute approximate surface area is 129 Å². The number of hydrogen-bond acceptors (Lipinski definition) is 3. The zero-order chi connectivity index (χ0) is 15.1. The summed E-state index contributed by atoms with van der Waals surface area (Å²) in [5, 5.41) is 3.34. The fourth-order valence-electron chi connectivity index (χ4n) is 2.73. The van der Waals surface area contributed by atoms with Crippen LogP contribution < -0.4 is 15.0 Å². The Bertz CT molecular complexity index is 451. The van der Waals surface area contributed by atoms with Crippen molar-refractivity contribution in [1.82, 2.24) is 5.32 Å². The van der Waals surface area contributed by atoms with Crippen LogP contribution in [0.25, 0.3) is 0 Å². The van der Waals surface area contributed by atoms with Gasteiger partial charge in [-0.05, 0) is 50.8 Å². The highest BCUT2D eigenvalue weighted by molar-refractivity contribution is 5.60. The highest BCUT2D eigenvalue weighted by Crippen LogP contribution is 2.32. The van der Waals surface area contributed by atoms with E-state index in [-0.39, 0.29) is 6.10 Å². The number of nitrogens with zero attached hydrogens (tertiary/aromatic N) is 1. The standard InChI is InChI=1S/C18H28N2O/c1-4-10-19-14-16-8-9-17(18(13-16)21-15(2)3)20-11-6-5-7-12-20/h4,8-9,13,15,19H,1,5-7,10-12,14H2,2-3H3. The zero-order valence-electron chi connectivity index (χ0n) is 13.4. The molecule has 1 aromatic carbocycles. The number of rotatable bonds is 7. The number of piperidine rings is 1. The van der Waals surface area contributed by atoms with E-state index in [9.17, 15) is 0 Å². The topological polar surface area (TPSA) is 24.5 Å². The summed E-state index contributed by atoms with van der Waals surface area (Å²) in [6.45, 7) is 11.9. The molecule has 3 heteroatoms. The highest BCUT2D eigenvalue weighted by Gasteiger charge is 2.16. The first-order valence-corrected chi connectivity index (χ1v) is 8.07. The first-order chi connectivity index (χ1) is 10.2. The normalized spacial score (nSPS) is 15.3. The van der Waals surface area contributed by atoms with Gasteiger partial charge in [-0.15, -0.1) is 6.58 Å². The molecule has 0 aliphatic carbocycles. The van der Waals surface area contributed by atoms with Crippen molar-refractivity contribution in [2.75, 3.05) is 24.5 Å². The lowest BCUT2D eigenvalue weighted by Crippen LogP contribution is -2.30. The molecular weight excluding hydrogens is 260 g/mol. The van der Waals surface area contributed by atoms with Gasteiger partial charge in [0.05, 0.1) is 11.8 Å². The minimum atomic E-state index is 0.199. The molecule has 1 aliphatic rings. The van der Waals surface area contributed by atoms with Crippen LogP contribution >= 0.6 is 0 Å². The predicted octanol–water partition coefficient (Wildman–Crippen LogP) is 3.74. The maximum absolute atomic E-state index is 6.06. The third-order valence-corrected chi connectivity index (χ3v) is 3.70. The van der Waals surface area contributed by atoms with Crippen molar-refractivity contribution in [2.24, 2.45) is 0 Å². The van der Waals surface area contributed by atoms with E-state index in [0.717, 1.165) is 31.9 Å². The van der Waals surface area contributed by atoms with Crippen molar-refractivity contribution in [2.45, 2.75) is 45.8 Å². The second-order valence-corrected chi connectivity index (χ2v) is 5.94. The molecule has 1 saturated heterocycles. The van der Waals surface area contributed by atoms with E-state index in [0.29, 0.717) is 0 Å². The molecule has 1 aliphatic heterocycles. The van der Waals surface area contributed by atoms with E-state index in [4.69, 9.17) is 4.74 Å². The molecule has 0 atom stereocenters. The van der Waals surface area contributed by atoms with Crippen LogP contribution in [0.15, 0.2) is 30.9 Å². The Morgan fingerprint density at radius 1 is 1.29 bits per heavy atom. The number of ether oxygens (including phenoxy) is 1. The van der Waals surface area contributed by atoms with Crippen molar-refractivity contribution in [3.8, 4) is 5.75 Å². The van der Waals surface area contributed by atoms with E-state index in [1.54, 1.807) is 0 Å². The fourth-order valence-corrected chi connectivity index (χ4v) is 2.73. The number of nitrogens with one attached hydrogen (secondary N) is 1. The summed E-state index contributed by atoms with van der Waals surface area (Å²) in [7, 11) is 0. The Morgan fingerprint density at radius 3 is 2.71 bits per heavy atom. The predicted molar refractivity (Wildman–Crippen MR) is 90.2 cm³/mol. The Kier molecular flexibility index (Phi) is 6.12. The SMILES string of the molecule is C=CCNCc1ccc(N2CCCCC2)c(OC(C)C)c1. The lowest BCUT2D eigenvalue weighted by Gasteiger charge is -2.31. The van der Waals surface area contributed by atoms with Gasteiger partial charge >= 0.3 is 0 Å². The van der Waals surface area contributed by atoms with E-state index >= 15 is 0 Å². The van der Waals surface area contributed by atoms with Gasteiger partial charge in [0.2, 0.25) is 0 Å². The van der Waals surface area contributed by atoms with Gasteiger partial charge in [-0.1, -0.05) is 12.1 Å². The van der Waals surface area contributed by atoms with Gasteiger partial charge in [-0.25, -0.2) is 0 Å². The van der Waals surface area contributed by atoms with Crippen molar-refractivity contribution < 1.29 is 4.74 Å². The lowest BCUT2D eigenvalue weighted by atomic mass is 10.1. The Morgan fingerprint density at radius 2 is 2.05 bits per heavy atom. The average Bonchev–Trinajstić information content (AvgIpc) is 2.48. The summed E-state index contributed by atoms with van der Waals surface area (Å²) >= 11 is 0. The second-order valence-electron chi connectivity index (χ2n) is 5.94. The van der Waals surface area contributed by atoms with Crippen LogP contribution in [0.3, 0.4) is 0 Å². The van der Waals surface area contributed by atoms with Gasteiger partial charge in [-0.2, -0.15) is 0 Å². The largest absolute Gasteiger partial charge is 0.489 e. The molecule has 0 unspecified atom stereocenters. The van der Waals surface area contributed by atoms with Crippen molar-refractivity contribution in [3.63, 3.8) is 0 Å². The van der Waals surface area contributed by atoms with Crippen LogP contribution in [0.5, 0.6) is 5.75 Å². The van der Waals surface area contributed by atoms with Crippen LogP contribution in [0, 0.1) is 0 Å². The average molecular weight is 288 g/mol. The van der Waals surface area contributed by atoms with Crippen LogP contribution in [-0.4, -0.2) is 25.7 Å². The first kappa shape index (κ1) is 15.9. The van der Waals surface area contributed by atoms with Crippen molar-refractivity contribution >= 4 is 5.69 Å². The van der Waals surface area contributed by atoms with Crippen LogP contribution in [0.2, 0.25) is 0 Å². The molecule has 0 amide bonds. The molecule has 0 spiro atoms. The number of benzene rings is 1. The quantitative estimate of drug-likeness (QED) is 0.611.